The second kappa shape index (κ2) is 5.78. The van der Waals surface area contributed by atoms with E-state index in [1.807, 2.05) is 0 Å². The highest BCUT2D eigenvalue weighted by atomic mass is 79.9. The van der Waals surface area contributed by atoms with E-state index in [0.717, 1.165) is 18.5 Å². The second-order valence-corrected chi connectivity index (χ2v) is 5.05. The van der Waals surface area contributed by atoms with Crippen molar-refractivity contribution in [2.45, 2.75) is 12.8 Å². The fraction of sp³-hybridized carbons (Fsp3) is 0.500. The zero-order valence-corrected chi connectivity index (χ0v) is 10.9. The molecule has 94 valence electrons. The molecule has 1 aliphatic rings. The van der Waals surface area contributed by atoms with E-state index >= 15 is 0 Å². The molecule has 0 radical (unpaired) electrons. The van der Waals surface area contributed by atoms with E-state index in [2.05, 4.69) is 21.2 Å². The topological polar surface area (TPSA) is 21.3 Å². The van der Waals surface area contributed by atoms with E-state index < -0.39 is 11.6 Å². The molecular formula is C12H14BrF2NO. The highest BCUT2D eigenvalue weighted by molar-refractivity contribution is 9.10. The van der Waals surface area contributed by atoms with Crippen LogP contribution in [-0.4, -0.2) is 19.7 Å². The Labute approximate surface area is 107 Å². The first-order chi connectivity index (χ1) is 8.16. The lowest BCUT2D eigenvalue weighted by Gasteiger charge is -2.10. The van der Waals surface area contributed by atoms with E-state index in [0.29, 0.717) is 17.6 Å². The van der Waals surface area contributed by atoms with Crippen molar-refractivity contribution in [3.8, 4) is 5.75 Å². The van der Waals surface area contributed by atoms with Gasteiger partial charge in [-0.2, -0.15) is 0 Å². The molecule has 0 bridgehead atoms. The maximum atomic E-state index is 13.3. The molecule has 0 saturated heterocycles. The Morgan fingerprint density at radius 1 is 1.35 bits per heavy atom. The van der Waals surface area contributed by atoms with Gasteiger partial charge in [0.25, 0.3) is 0 Å². The first kappa shape index (κ1) is 12.8. The first-order valence-electron chi connectivity index (χ1n) is 5.65. The van der Waals surface area contributed by atoms with Crippen LogP contribution in [0.1, 0.15) is 12.8 Å². The van der Waals surface area contributed by atoms with Crippen molar-refractivity contribution in [2.24, 2.45) is 5.92 Å². The van der Waals surface area contributed by atoms with Gasteiger partial charge in [-0.15, -0.1) is 0 Å². The summed E-state index contributed by atoms with van der Waals surface area (Å²) < 4.78 is 31.7. The number of benzene rings is 1. The van der Waals surface area contributed by atoms with Gasteiger partial charge >= 0.3 is 0 Å². The average molecular weight is 306 g/mol. The molecule has 1 N–H and O–H groups in total. The molecule has 1 aromatic rings. The van der Waals surface area contributed by atoms with Gasteiger partial charge in [0.15, 0.2) is 11.6 Å². The molecule has 1 aromatic carbocycles. The summed E-state index contributed by atoms with van der Waals surface area (Å²) in [5.41, 5.74) is 0. The lowest BCUT2D eigenvalue weighted by atomic mass is 10.3. The molecule has 1 aliphatic carbocycles. The molecule has 1 fully saturated rings. The van der Waals surface area contributed by atoms with Crippen LogP contribution in [0.15, 0.2) is 16.6 Å². The van der Waals surface area contributed by atoms with Gasteiger partial charge < -0.3 is 10.1 Å². The van der Waals surface area contributed by atoms with Gasteiger partial charge in [-0.25, -0.2) is 8.78 Å². The summed E-state index contributed by atoms with van der Waals surface area (Å²) in [6.45, 7) is 2.03. The molecule has 0 aliphatic heterocycles. The van der Waals surface area contributed by atoms with Crippen molar-refractivity contribution in [1.29, 1.82) is 0 Å². The number of hydrogen-bond acceptors (Lipinski definition) is 2. The van der Waals surface area contributed by atoms with Crippen molar-refractivity contribution in [1.82, 2.24) is 5.32 Å². The van der Waals surface area contributed by atoms with Gasteiger partial charge in [0.2, 0.25) is 0 Å². The van der Waals surface area contributed by atoms with Crippen LogP contribution in [0.3, 0.4) is 0 Å². The van der Waals surface area contributed by atoms with Gasteiger partial charge in [0.1, 0.15) is 12.4 Å². The minimum Gasteiger partial charge on any atom is -0.488 e. The molecular weight excluding hydrogens is 292 g/mol. The first-order valence-corrected chi connectivity index (χ1v) is 6.44. The number of hydrogen-bond donors (Lipinski definition) is 1. The molecule has 2 nitrogen and oxygen atoms in total. The van der Waals surface area contributed by atoms with Crippen LogP contribution in [0, 0.1) is 17.6 Å². The van der Waals surface area contributed by atoms with E-state index in [-0.39, 0.29) is 5.75 Å². The second-order valence-electron chi connectivity index (χ2n) is 4.19. The van der Waals surface area contributed by atoms with Gasteiger partial charge in [0.05, 0.1) is 4.47 Å². The summed E-state index contributed by atoms with van der Waals surface area (Å²) in [5.74, 6) is -0.420. The van der Waals surface area contributed by atoms with Gasteiger partial charge in [-0.05, 0) is 47.3 Å². The summed E-state index contributed by atoms with van der Waals surface area (Å²) in [7, 11) is 0. The Balaban J connectivity index is 1.77. The Morgan fingerprint density at radius 2 is 2.12 bits per heavy atom. The lowest BCUT2D eigenvalue weighted by molar-refractivity contribution is 0.295. The van der Waals surface area contributed by atoms with Crippen LogP contribution in [0.2, 0.25) is 0 Å². The molecule has 5 heteroatoms. The molecule has 0 heterocycles. The van der Waals surface area contributed by atoms with Crippen molar-refractivity contribution in [3.63, 3.8) is 0 Å². The normalized spacial score (nSPS) is 15.0. The van der Waals surface area contributed by atoms with Crippen LogP contribution >= 0.6 is 15.9 Å². The summed E-state index contributed by atoms with van der Waals surface area (Å²) in [4.78, 5) is 0. The van der Waals surface area contributed by atoms with Gasteiger partial charge in [-0.3, -0.25) is 0 Å². The number of halogens is 3. The van der Waals surface area contributed by atoms with Crippen molar-refractivity contribution < 1.29 is 13.5 Å². The zero-order chi connectivity index (χ0) is 12.3. The van der Waals surface area contributed by atoms with Gasteiger partial charge in [0, 0.05) is 12.6 Å². The molecule has 0 atom stereocenters. The Kier molecular flexibility index (Phi) is 4.34. The van der Waals surface area contributed by atoms with Crippen molar-refractivity contribution >= 4 is 15.9 Å². The molecule has 17 heavy (non-hydrogen) atoms. The standard InChI is InChI=1S/C12H14BrF2NO/c13-10-5-9(14)6-11(15)12(10)17-4-3-16-7-8-1-2-8/h5-6,8,16H,1-4,7H2. The van der Waals surface area contributed by atoms with E-state index in [1.54, 1.807) is 0 Å². The van der Waals surface area contributed by atoms with E-state index in [9.17, 15) is 8.78 Å². The van der Waals surface area contributed by atoms with Crippen LogP contribution in [-0.2, 0) is 0 Å². The number of rotatable bonds is 6. The highest BCUT2D eigenvalue weighted by Crippen LogP contribution is 2.29. The molecule has 0 amide bonds. The van der Waals surface area contributed by atoms with Crippen molar-refractivity contribution in [2.75, 3.05) is 19.7 Å². The predicted molar refractivity (Wildman–Crippen MR) is 65.1 cm³/mol. The molecule has 0 unspecified atom stereocenters. The lowest BCUT2D eigenvalue weighted by Crippen LogP contribution is -2.23. The van der Waals surface area contributed by atoms with Crippen LogP contribution < -0.4 is 10.1 Å². The Hall–Kier alpha value is -0.680. The predicted octanol–water partition coefficient (Wildman–Crippen LogP) is 3.11. The van der Waals surface area contributed by atoms with E-state index in [4.69, 9.17) is 4.74 Å². The monoisotopic (exact) mass is 305 g/mol. The molecule has 0 aromatic heterocycles. The maximum Gasteiger partial charge on any atom is 0.169 e. The van der Waals surface area contributed by atoms with Crippen LogP contribution in [0.5, 0.6) is 5.75 Å². The van der Waals surface area contributed by atoms with E-state index in [1.165, 1.54) is 18.9 Å². The largest absolute Gasteiger partial charge is 0.488 e. The number of nitrogens with one attached hydrogen (secondary N) is 1. The van der Waals surface area contributed by atoms with Crippen LogP contribution in [0.25, 0.3) is 0 Å². The third-order valence-electron chi connectivity index (χ3n) is 2.62. The maximum absolute atomic E-state index is 13.3. The molecule has 1 saturated carbocycles. The fourth-order valence-electron chi connectivity index (χ4n) is 1.52. The summed E-state index contributed by atoms with van der Waals surface area (Å²) in [5, 5.41) is 3.23. The quantitative estimate of drug-likeness (QED) is 0.816. The molecule has 2 rings (SSSR count). The van der Waals surface area contributed by atoms with Crippen molar-refractivity contribution in [3.05, 3.63) is 28.2 Å². The minimum atomic E-state index is -0.681. The summed E-state index contributed by atoms with van der Waals surface area (Å²) in [6.07, 6.45) is 2.60. The average Bonchev–Trinajstić information content (AvgIpc) is 3.04. The highest BCUT2D eigenvalue weighted by Gasteiger charge is 2.20. The molecule has 0 spiro atoms. The smallest absolute Gasteiger partial charge is 0.169 e. The summed E-state index contributed by atoms with van der Waals surface area (Å²) in [6, 6.07) is 2.01. The minimum absolute atomic E-state index is 0.0691. The fourth-order valence-corrected chi connectivity index (χ4v) is 2.04. The number of ether oxygens (including phenoxy) is 1. The Morgan fingerprint density at radius 3 is 2.76 bits per heavy atom. The Bertz CT molecular complexity index is 373. The summed E-state index contributed by atoms with van der Waals surface area (Å²) >= 11 is 3.07. The third-order valence-corrected chi connectivity index (χ3v) is 3.21. The van der Waals surface area contributed by atoms with Crippen LogP contribution in [0.4, 0.5) is 8.78 Å². The third kappa shape index (κ3) is 3.92. The zero-order valence-electron chi connectivity index (χ0n) is 9.31. The SMILES string of the molecule is Fc1cc(F)c(OCCNCC2CC2)c(Br)c1. The van der Waals surface area contributed by atoms with Gasteiger partial charge in [-0.1, -0.05) is 0 Å².